The van der Waals surface area contributed by atoms with Crippen LogP contribution in [0.3, 0.4) is 0 Å². The molecule has 4 nitrogen and oxygen atoms in total. The molecule has 0 atom stereocenters. The molecule has 2 aromatic rings. The molecule has 0 aliphatic carbocycles. The lowest BCUT2D eigenvalue weighted by Gasteiger charge is -2.11. The van der Waals surface area contributed by atoms with Crippen LogP contribution in [0.25, 0.3) is 0 Å². The Kier molecular flexibility index (Phi) is 4.65. The number of halogens is 2. The molecule has 21 heavy (non-hydrogen) atoms. The summed E-state index contributed by atoms with van der Waals surface area (Å²) in [5.74, 6) is -0.834. The number of nitrogens with two attached hydrogens (primary N) is 1. The predicted octanol–water partition coefficient (Wildman–Crippen LogP) is 3.43. The number of carbonyl (C=O) groups excluding carboxylic acids is 1. The summed E-state index contributed by atoms with van der Waals surface area (Å²) in [6, 6.07) is 8.61. The van der Waals surface area contributed by atoms with E-state index in [9.17, 15) is 9.18 Å². The minimum absolute atomic E-state index is 0.145. The zero-order valence-corrected chi connectivity index (χ0v) is 12.0. The van der Waals surface area contributed by atoms with Gasteiger partial charge >= 0.3 is 5.97 Å². The fourth-order valence-corrected chi connectivity index (χ4v) is 1.99. The Morgan fingerprint density at radius 3 is 2.81 bits per heavy atom. The SMILES string of the molecule is COc1c(N)cccc1C(=O)OCc1cc(F)ccc1Cl. The molecule has 0 aliphatic heterocycles. The van der Waals surface area contributed by atoms with Gasteiger partial charge in [0.1, 0.15) is 18.0 Å². The summed E-state index contributed by atoms with van der Waals surface area (Å²) >= 11 is 5.91. The van der Waals surface area contributed by atoms with Crippen molar-refractivity contribution in [1.82, 2.24) is 0 Å². The van der Waals surface area contributed by atoms with Gasteiger partial charge in [0, 0.05) is 10.6 Å². The van der Waals surface area contributed by atoms with Crippen molar-refractivity contribution in [3.05, 3.63) is 58.4 Å². The van der Waals surface area contributed by atoms with E-state index in [1.165, 1.54) is 31.4 Å². The van der Waals surface area contributed by atoms with E-state index in [0.717, 1.165) is 0 Å². The van der Waals surface area contributed by atoms with Crippen LogP contribution in [-0.2, 0) is 11.3 Å². The predicted molar refractivity (Wildman–Crippen MR) is 77.9 cm³/mol. The third-order valence-electron chi connectivity index (χ3n) is 2.84. The molecule has 110 valence electrons. The number of anilines is 1. The molecule has 0 radical (unpaired) electrons. The highest BCUT2D eigenvalue weighted by Crippen LogP contribution is 2.27. The summed E-state index contributed by atoms with van der Waals surface area (Å²) in [5, 5.41) is 0.323. The lowest BCUT2D eigenvalue weighted by molar-refractivity contribution is 0.0469. The molecule has 0 unspecified atom stereocenters. The van der Waals surface area contributed by atoms with Crippen molar-refractivity contribution in [1.29, 1.82) is 0 Å². The quantitative estimate of drug-likeness (QED) is 0.694. The first-order valence-electron chi connectivity index (χ1n) is 6.06. The van der Waals surface area contributed by atoms with Gasteiger partial charge < -0.3 is 15.2 Å². The van der Waals surface area contributed by atoms with Crippen LogP contribution in [0.4, 0.5) is 10.1 Å². The third kappa shape index (κ3) is 3.44. The fourth-order valence-electron chi connectivity index (χ4n) is 1.82. The number of carbonyl (C=O) groups is 1. The van der Waals surface area contributed by atoms with Crippen molar-refractivity contribution in [2.24, 2.45) is 0 Å². The molecular formula is C15H13ClFNO3. The summed E-state index contributed by atoms with van der Waals surface area (Å²) in [5.41, 5.74) is 6.63. The van der Waals surface area contributed by atoms with E-state index in [0.29, 0.717) is 16.3 Å². The molecule has 2 rings (SSSR count). The molecular weight excluding hydrogens is 297 g/mol. The van der Waals surface area contributed by atoms with Crippen LogP contribution in [-0.4, -0.2) is 13.1 Å². The maximum atomic E-state index is 13.1. The smallest absolute Gasteiger partial charge is 0.342 e. The average molecular weight is 310 g/mol. The van der Waals surface area contributed by atoms with Gasteiger partial charge in [-0.3, -0.25) is 0 Å². The molecule has 6 heteroatoms. The maximum Gasteiger partial charge on any atom is 0.342 e. The monoisotopic (exact) mass is 309 g/mol. The Labute approximate surface area is 126 Å². The summed E-state index contributed by atoms with van der Waals surface area (Å²) in [6.07, 6.45) is 0. The molecule has 2 aromatic carbocycles. The highest BCUT2D eigenvalue weighted by molar-refractivity contribution is 6.31. The van der Waals surface area contributed by atoms with Gasteiger partial charge in [0.05, 0.1) is 12.8 Å². The average Bonchev–Trinajstić information content (AvgIpc) is 2.47. The van der Waals surface area contributed by atoms with Crippen LogP contribution in [0.15, 0.2) is 36.4 Å². The molecule has 0 bridgehead atoms. The molecule has 0 spiro atoms. The molecule has 0 saturated heterocycles. The van der Waals surface area contributed by atoms with Crippen molar-refractivity contribution >= 4 is 23.3 Å². The number of esters is 1. The number of nitrogen functional groups attached to an aromatic ring is 1. The zero-order chi connectivity index (χ0) is 15.4. The lowest BCUT2D eigenvalue weighted by atomic mass is 10.1. The van der Waals surface area contributed by atoms with E-state index in [-0.39, 0.29) is 17.9 Å². The van der Waals surface area contributed by atoms with Crippen molar-refractivity contribution in [2.75, 3.05) is 12.8 Å². The second kappa shape index (κ2) is 6.45. The summed E-state index contributed by atoms with van der Waals surface area (Å²) in [6.45, 7) is -0.145. The standard InChI is InChI=1S/C15H13ClFNO3/c1-20-14-11(3-2-4-13(14)18)15(19)21-8-9-7-10(17)5-6-12(9)16/h2-7H,8,18H2,1H3. The minimum atomic E-state index is -0.625. The number of ether oxygens (including phenoxy) is 2. The number of hydrogen-bond acceptors (Lipinski definition) is 4. The molecule has 0 saturated carbocycles. The summed E-state index contributed by atoms with van der Waals surface area (Å²) < 4.78 is 23.3. The van der Waals surface area contributed by atoms with E-state index in [1.54, 1.807) is 12.1 Å². The topological polar surface area (TPSA) is 61.5 Å². The lowest BCUT2D eigenvalue weighted by Crippen LogP contribution is -2.08. The van der Waals surface area contributed by atoms with Crippen LogP contribution in [0.2, 0.25) is 5.02 Å². The number of para-hydroxylation sites is 1. The van der Waals surface area contributed by atoms with Gasteiger partial charge in [0.25, 0.3) is 0 Å². The number of methoxy groups -OCH3 is 1. The van der Waals surface area contributed by atoms with Gasteiger partial charge in [-0.05, 0) is 30.3 Å². The largest absolute Gasteiger partial charge is 0.494 e. The first-order valence-corrected chi connectivity index (χ1v) is 6.44. The number of rotatable bonds is 4. The fraction of sp³-hybridized carbons (Fsp3) is 0.133. The van der Waals surface area contributed by atoms with Crippen LogP contribution in [0, 0.1) is 5.82 Å². The third-order valence-corrected chi connectivity index (χ3v) is 3.20. The molecule has 0 amide bonds. The Morgan fingerprint density at radius 1 is 1.33 bits per heavy atom. The van der Waals surface area contributed by atoms with Gasteiger partial charge in [-0.25, -0.2) is 9.18 Å². The van der Waals surface area contributed by atoms with Gasteiger partial charge in [0.15, 0.2) is 5.75 Å². The summed E-state index contributed by atoms with van der Waals surface area (Å²) in [4.78, 5) is 12.1. The molecule has 0 aliphatic rings. The highest BCUT2D eigenvalue weighted by atomic mass is 35.5. The first-order chi connectivity index (χ1) is 10.0. The van der Waals surface area contributed by atoms with Gasteiger partial charge in [-0.1, -0.05) is 17.7 Å². The van der Waals surface area contributed by atoms with E-state index >= 15 is 0 Å². The van der Waals surface area contributed by atoms with Crippen LogP contribution >= 0.6 is 11.6 Å². The van der Waals surface area contributed by atoms with Crippen molar-refractivity contribution in [3.8, 4) is 5.75 Å². The van der Waals surface area contributed by atoms with Crippen molar-refractivity contribution < 1.29 is 18.7 Å². The number of hydrogen-bond donors (Lipinski definition) is 1. The van der Waals surface area contributed by atoms with E-state index < -0.39 is 11.8 Å². The van der Waals surface area contributed by atoms with E-state index in [1.807, 2.05) is 0 Å². The molecule has 2 N–H and O–H groups in total. The van der Waals surface area contributed by atoms with Crippen molar-refractivity contribution in [3.63, 3.8) is 0 Å². The minimum Gasteiger partial charge on any atom is -0.494 e. The second-order valence-electron chi connectivity index (χ2n) is 4.24. The van der Waals surface area contributed by atoms with Crippen molar-refractivity contribution in [2.45, 2.75) is 6.61 Å². The molecule has 0 heterocycles. The number of benzene rings is 2. The zero-order valence-electron chi connectivity index (χ0n) is 11.2. The Morgan fingerprint density at radius 2 is 2.10 bits per heavy atom. The maximum absolute atomic E-state index is 13.1. The van der Waals surface area contributed by atoms with Crippen LogP contribution in [0.5, 0.6) is 5.75 Å². The molecule has 0 fully saturated rings. The Hall–Kier alpha value is -2.27. The highest BCUT2D eigenvalue weighted by Gasteiger charge is 2.16. The molecule has 0 aromatic heterocycles. The Bertz CT molecular complexity index is 676. The van der Waals surface area contributed by atoms with E-state index in [4.69, 9.17) is 26.8 Å². The summed E-state index contributed by atoms with van der Waals surface area (Å²) in [7, 11) is 1.41. The normalized spacial score (nSPS) is 10.2. The van der Waals surface area contributed by atoms with Gasteiger partial charge in [-0.15, -0.1) is 0 Å². The van der Waals surface area contributed by atoms with Crippen LogP contribution in [0.1, 0.15) is 15.9 Å². The Balaban J connectivity index is 2.16. The van der Waals surface area contributed by atoms with Gasteiger partial charge in [0.2, 0.25) is 0 Å². The first kappa shape index (κ1) is 15.1. The van der Waals surface area contributed by atoms with Crippen LogP contribution < -0.4 is 10.5 Å². The second-order valence-corrected chi connectivity index (χ2v) is 4.65. The van der Waals surface area contributed by atoms with E-state index in [2.05, 4.69) is 0 Å². The van der Waals surface area contributed by atoms with Gasteiger partial charge in [-0.2, -0.15) is 0 Å².